The van der Waals surface area contributed by atoms with Crippen LogP contribution in [0.3, 0.4) is 0 Å². The smallest absolute Gasteiger partial charge is 0.270 e. The van der Waals surface area contributed by atoms with Crippen molar-refractivity contribution < 1.29 is 14.3 Å². The molecule has 2 aliphatic carbocycles. The van der Waals surface area contributed by atoms with Crippen LogP contribution in [-0.4, -0.2) is 57.9 Å². The van der Waals surface area contributed by atoms with Gasteiger partial charge in [-0.25, -0.2) is 15.0 Å². The SMILES string of the molecule is COCCO[C@H]1CC[C@H](NC(=O)c2cc(C3CC3)nc(-n3ccnc3)n2)CC1. The van der Waals surface area contributed by atoms with Crippen molar-refractivity contribution >= 4 is 5.91 Å². The highest BCUT2D eigenvalue weighted by Crippen LogP contribution is 2.39. The van der Waals surface area contributed by atoms with Crippen molar-refractivity contribution in [3.05, 3.63) is 36.2 Å². The number of hydrogen-bond donors (Lipinski definition) is 1. The van der Waals surface area contributed by atoms with Gasteiger partial charge < -0.3 is 14.8 Å². The molecule has 2 aromatic heterocycles. The lowest BCUT2D eigenvalue weighted by atomic mass is 9.93. The molecule has 28 heavy (non-hydrogen) atoms. The highest BCUT2D eigenvalue weighted by Gasteiger charge is 2.28. The molecular formula is C20H27N5O3. The van der Waals surface area contributed by atoms with Crippen LogP contribution in [0.15, 0.2) is 24.8 Å². The van der Waals surface area contributed by atoms with Gasteiger partial charge in [-0.05, 0) is 44.6 Å². The molecule has 150 valence electrons. The zero-order chi connectivity index (χ0) is 19.3. The average molecular weight is 385 g/mol. The van der Waals surface area contributed by atoms with Crippen molar-refractivity contribution in [3.8, 4) is 5.95 Å². The number of carbonyl (C=O) groups excluding carboxylic acids is 1. The van der Waals surface area contributed by atoms with Gasteiger partial charge >= 0.3 is 0 Å². The van der Waals surface area contributed by atoms with Gasteiger partial charge in [-0.15, -0.1) is 0 Å². The van der Waals surface area contributed by atoms with Crippen LogP contribution in [0.5, 0.6) is 0 Å². The van der Waals surface area contributed by atoms with Crippen LogP contribution in [0.2, 0.25) is 0 Å². The Balaban J connectivity index is 1.38. The van der Waals surface area contributed by atoms with Gasteiger partial charge in [0.1, 0.15) is 12.0 Å². The predicted octanol–water partition coefficient (Wildman–Crippen LogP) is 2.24. The monoisotopic (exact) mass is 385 g/mol. The van der Waals surface area contributed by atoms with E-state index in [-0.39, 0.29) is 18.1 Å². The van der Waals surface area contributed by atoms with Crippen LogP contribution in [0.25, 0.3) is 5.95 Å². The Hall–Kier alpha value is -2.32. The first-order valence-corrected chi connectivity index (χ1v) is 10.0. The molecule has 0 bridgehead atoms. The van der Waals surface area contributed by atoms with Crippen LogP contribution in [0, 0.1) is 0 Å². The quantitative estimate of drug-likeness (QED) is 0.701. The minimum absolute atomic E-state index is 0.130. The number of methoxy groups -OCH3 is 1. The second kappa shape index (κ2) is 8.79. The number of hydrogen-bond acceptors (Lipinski definition) is 6. The molecule has 0 radical (unpaired) electrons. The van der Waals surface area contributed by atoms with E-state index >= 15 is 0 Å². The summed E-state index contributed by atoms with van der Waals surface area (Å²) >= 11 is 0. The van der Waals surface area contributed by atoms with Crippen LogP contribution in [0.1, 0.15) is 60.6 Å². The van der Waals surface area contributed by atoms with Crippen LogP contribution in [0.4, 0.5) is 0 Å². The summed E-state index contributed by atoms with van der Waals surface area (Å²) in [5.41, 5.74) is 1.37. The van der Waals surface area contributed by atoms with Gasteiger partial charge in [0.15, 0.2) is 0 Å². The third-order valence-corrected chi connectivity index (χ3v) is 5.35. The third-order valence-electron chi connectivity index (χ3n) is 5.35. The van der Waals surface area contributed by atoms with Crippen molar-refractivity contribution in [2.45, 2.75) is 56.6 Å². The minimum atomic E-state index is -0.130. The molecular weight excluding hydrogens is 358 g/mol. The fraction of sp³-hybridized carbons (Fsp3) is 0.600. The Bertz CT molecular complexity index is 783. The van der Waals surface area contributed by atoms with Crippen molar-refractivity contribution in [2.75, 3.05) is 20.3 Å². The second-order valence-corrected chi connectivity index (χ2v) is 7.53. The van der Waals surface area contributed by atoms with Crippen LogP contribution < -0.4 is 5.32 Å². The predicted molar refractivity (Wildman–Crippen MR) is 102 cm³/mol. The molecule has 0 saturated heterocycles. The van der Waals surface area contributed by atoms with Crippen molar-refractivity contribution in [1.82, 2.24) is 24.8 Å². The lowest BCUT2D eigenvalue weighted by molar-refractivity contribution is -0.00409. The molecule has 2 aromatic rings. The highest BCUT2D eigenvalue weighted by molar-refractivity contribution is 5.92. The largest absolute Gasteiger partial charge is 0.382 e. The van der Waals surface area contributed by atoms with E-state index in [1.807, 2.05) is 6.07 Å². The molecule has 0 spiro atoms. The van der Waals surface area contributed by atoms with Gasteiger partial charge in [0, 0.05) is 37.2 Å². The van der Waals surface area contributed by atoms with Crippen molar-refractivity contribution in [1.29, 1.82) is 0 Å². The second-order valence-electron chi connectivity index (χ2n) is 7.53. The number of carbonyl (C=O) groups is 1. The Morgan fingerprint density at radius 2 is 2.00 bits per heavy atom. The Kier molecular flexibility index (Phi) is 5.97. The number of nitrogens with zero attached hydrogens (tertiary/aromatic N) is 4. The Labute approximate surface area is 164 Å². The molecule has 0 aromatic carbocycles. The van der Waals surface area contributed by atoms with E-state index in [0.29, 0.717) is 30.8 Å². The molecule has 1 N–H and O–H groups in total. The molecule has 8 nitrogen and oxygen atoms in total. The topological polar surface area (TPSA) is 91.2 Å². The van der Waals surface area contributed by atoms with Gasteiger partial charge in [-0.2, -0.15) is 0 Å². The van der Waals surface area contributed by atoms with Crippen molar-refractivity contribution in [3.63, 3.8) is 0 Å². The summed E-state index contributed by atoms with van der Waals surface area (Å²) in [6.07, 6.45) is 11.4. The third kappa shape index (κ3) is 4.74. The summed E-state index contributed by atoms with van der Waals surface area (Å²) in [4.78, 5) is 26.0. The summed E-state index contributed by atoms with van der Waals surface area (Å²) in [6.45, 7) is 1.24. The standard InChI is InChI=1S/C20H27N5O3/c1-27-10-11-28-16-6-4-15(5-7-16)22-19(26)18-12-17(14-2-3-14)23-20(24-18)25-9-8-21-13-25/h8-9,12-16H,2-7,10-11H2,1H3,(H,22,26)/t15-,16-. The number of ether oxygens (including phenoxy) is 2. The fourth-order valence-electron chi connectivity index (χ4n) is 3.58. The van der Waals surface area contributed by atoms with Gasteiger partial charge in [-0.1, -0.05) is 0 Å². The number of imidazole rings is 1. The van der Waals surface area contributed by atoms with Gasteiger partial charge in [-0.3, -0.25) is 9.36 Å². The van der Waals surface area contributed by atoms with E-state index < -0.39 is 0 Å². The Morgan fingerprint density at radius 1 is 1.18 bits per heavy atom. The molecule has 2 heterocycles. The molecule has 0 unspecified atom stereocenters. The number of rotatable bonds is 8. The number of aromatic nitrogens is 4. The zero-order valence-corrected chi connectivity index (χ0v) is 16.2. The zero-order valence-electron chi connectivity index (χ0n) is 16.2. The maximum Gasteiger partial charge on any atom is 0.270 e. The van der Waals surface area contributed by atoms with E-state index in [9.17, 15) is 4.79 Å². The average Bonchev–Trinajstić information content (AvgIpc) is 3.43. The summed E-state index contributed by atoms with van der Waals surface area (Å²) < 4.78 is 12.6. The molecule has 1 amide bonds. The Morgan fingerprint density at radius 3 is 2.68 bits per heavy atom. The fourth-order valence-corrected chi connectivity index (χ4v) is 3.58. The summed E-state index contributed by atoms with van der Waals surface area (Å²) in [5.74, 6) is 0.813. The van der Waals surface area contributed by atoms with Crippen LogP contribution >= 0.6 is 0 Å². The highest BCUT2D eigenvalue weighted by atomic mass is 16.5. The molecule has 2 aliphatic rings. The summed E-state index contributed by atoms with van der Waals surface area (Å²) in [6, 6.07) is 2.00. The first kappa shape index (κ1) is 19.0. The van der Waals surface area contributed by atoms with E-state index in [0.717, 1.165) is 44.2 Å². The minimum Gasteiger partial charge on any atom is -0.382 e. The molecule has 0 aliphatic heterocycles. The maximum atomic E-state index is 12.8. The number of amides is 1. The molecule has 0 atom stereocenters. The molecule has 2 fully saturated rings. The summed E-state index contributed by atoms with van der Waals surface area (Å²) in [5, 5.41) is 3.15. The first-order chi connectivity index (χ1) is 13.7. The molecule has 2 saturated carbocycles. The molecule has 8 heteroatoms. The van der Waals surface area contributed by atoms with E-state index in [2.05, 4.69) is 20.3 Å². The van der Waals surface area contributed by atoms with Crippen LogP contribution in [-0.2, 0) is 9.47 Å². The van der Waals surface area contributed by atoms with E-state index in [1.54, 1.807) is 30.4 Å². The van der Waals surface area contributed by atoms with Gasteiger partial charge in [0.25, 0.3) is 5.91 Å². The van der Waals surface area contributed by atoms with Crippen molar-refractivity contribution in [2.24, 2.45) is 0 Å². The normalized spacial score (nSPS) is 22.2. The molecule has 4 rings (SSSR count). The van der Waals surface area contributed by atoms with E-state index in [4.69, 9.17) is 9.47 Å². The van der Waals surface area contributed by atoms with E-state index in [1.165, 1.54) is 0 Å². The lowest BCUT2D eigenvalue weighted by Crippen LogP contribution is -2.39. The lowest BCUT2D eigenvalue weighted by Gasteiger charge is -2.29. The van der Waals surface area contributed by atoms with Gasteiger partial charge in [0.2, 0.25) is 5.95 Å². The first-order valence-electron chi connectivity index (χ1n) is 10.0. The summed E-state index contributed by atoms with van der Waals surface area (Å²) in [7, 11) is 1.68. The number of nitrogens with one attached hydrogen (secondary N) is 1. The van der Waals surface area contributed by atoms with Gasteiger partial charge in [0.05, 0.1) is 19.3 Å². The maximum absolute atomic E-state index is 12.8.